The van der Waals surface area contributed by atoms with Crippen LogP contribution in [-0.2, 0) is 13.0 Å². The number of aryl methyl sites for hydroxylation is 1. The highest BCUT2D eigenvalue weighted by Gasteiger charge is 2.10. The fourth-order valence-corrected chi connectivity index (χ4v) is 2.58. The van der Waals surface area contributed by atoms with Crippen molar-refractivity contribution in [2.45, 2.75) is 20.0 Å². The van der Waals surface area contributed by atoms with Gasteiger partial charge in [-0.15, -0.1) is 0 Å². The van der Waals surface area contributed by atoms with Crippen LogP contribution in [0.1, 0.15) is 22.8 Å². The van der Waals surface area contributed by atoms with Crippen LogP contribution < -0.4 is 4.74 Å². The Morgan fingerprint density at radius 3 is 2.78 bits per heavy atom. The van der Waals surface area contributed by atoms with Gasteiger partial charge in [-0.3, -0.25) is 0 Å². The van der Waals surface area contributed by atoms with E-state index >= 15 is 0 Å². The normalized spacial score (nSPS) is 10.7. The van der Waals surface area contributed by atoms with Gasteiger partial charge in [0.1, 0.15) is 5.75 Å². The van der Waals surface area contributed by atoms with Gasteiger partial charge in [0.25, 0.3) is 5.89 Å². The molecule has 0 bridgehead atoms. The lowest BCUT2D eigenvalue weighted by Gasteiger charge is -2.03. The highest BCUT2D eigenvalue weighted by molar-refractivity contribution is 6.35. The van der Waals surface area contributed by atoms with E-state index in [1.807, 2.05) is 37.3 Å². The Labute approximate surface area is 144 Å². The minimum atomic E-state index is 0.227. The Bertz CT molecular complexity index is 818. The largest absolute Gasteiger partial charge is 0.484 e. The fourth-order valence-electron chi connectivity index (χ4n) is 2.11. The van der Waals surface area contributed by atoms with Crippen molar-refractivity contribution in [1.82, 2.24) is 10.1 Å². The minimum Gasteiger partial charge on any atom is -0.484 e. The standard InChI is InChI=1S/C17H14Cl2N2O2/c1-11-3-2-4-14(7-11)22-10-17-20-16(21-23-17)8-12-5-6-13(18)9-15(12)19/h2-7,9H,8,10H2,1H3. The second kappa shape index (κ2) is 7.02. The van der Waals surface area contributed by atoms with Crippen molar-refractivity contribution in [1.29, 1.82) is 0 Å². The lowest BCUT2D eigenvalue weighted by atomic mass is 10.1. The summed E-state index contributed by atoms with van der Waals surface area (Å²) in [5.41, 5.74) is 2.02. The van der Waals surface area contributed by atoms with E-state index in [1.54, 1.807) is 12.1 Å². The zero-order valence-corrected chi connectivity index (χ0v) is 13.9. The zero-order chi connectivity index (χ0) is 16.2. The van der Waals surface area contributed by atoms with Gasteiger partial charge >= 0.3 is 0 Å². The summed E-state index contributed by atoms with van der Waals surface area (Å²) in [5, 5.41) is 5.13. The number of rotatable bonds is 5. The number of benzene rings is 2. The van der Waals surface area contributed by atoms with Gasteiger partial charge in [-0.1, -0.05) is 46.6 Å². The van der Waals surface area contributed by atoms with Gasteiger partial charge in [0.05, 0.1) is 0 Å². The van der Waals surface area contributed by atoms with Crippen molar-refractivity contribution < 1.29 is 9.26 Å². The first-order valence-electron chi connectivity index (χ1n) is 7.05. The molecule has 0 aliphatic heterocycles. The second-order valence-electron chi connectivity index (χ2n) is 5.12. The summed E-state index contributed by atoms with van der Waals surface area (Å²) in [4.78, 5) is 4.31. The zero-order valence-electron chi connectivity index (χ0n) is 12.4. The number of hydrogen-bond donors (Lipinski definition) is 0. The Kier molecular flexibility index (Phi) is 4.84. The molecule has 0 fully saturated rings. The Balaban J connectivity index is 1.64. The molecule has 0 amide bonds. The molecule has 0 aliphatic rings. The van der Waals surface area contributed by atoms with Crippen molar-refractivity contribution >= 4 is 23.2 Å². The molecule has 0 N–H and O–H groups in total. The first kappa shape index (κ1) is 15.8. The topological polar surface area (TPSA) is 48.2 Å². The van der Waals surface area contributed by atoms with Crippen molar-refractivity contribution in [2.75, 3.05) is 0 Å². The van der Waals surface area contributed by atoms with Crippen LogP contribution in [-0.4, -0.2) is 10.1 Å². The first-order chi connectivity index (χ1) is 11.1. The molecule has 0 aliphatic carbocycles. The monoisotopic (exact) mass is 348 g/mol. The minimum absolute atomic E-state index is 0.227. The molecule has 3 aromatic rings. The molecule has 118 valence electrons. The molecule has 0 saturated heterocycles. The second-order valence-corrected chi connectivity index (χ2v) is 5.97. The van der Waals surface area contributed by atoms with Gasteiger partial charge in [0.2, 0.25) is 0 Å². The Hall–Kier alpha value is -2.04. The number of ether oxygens (including phenoxy) is 1. The Morgan fingerprint density at radius 1 is 1.13 bits per heavy atom. The van der Waals surface area contributed by atoms with Crippen LogP contribution in [0.25, 0.3) is 0 Å². The van der Waals surface area contributed by atoms with E-state index in [4.69, 9.17) is 32.5 Å². The molecule has 3 rings (SSSR count). The lowest BCUT2D eigenvalue weighted by Crippen LogP contribution is -1.97. The number of nitrogens with zero attached hydrogens (tertiary/aromatic N) is 2. The van der Waals surface area contributed by atoms with Crippen molar-refractivity contribution in [3.63, 3.8) is 0 Å². The predicted octanol–water partition coefficient (Wildman–Crippen LogP) is 4.85. The number of aromatic nitrogens is 2. The van der Waals surface area contributed by atoms with Crippen molar-refractivity contribution in [2.24, 2.45) is 0 Å². The van der Waals surface area contributed by atoms with Gasteiger partial charge in [0.15, 0.2) is 12.4 Å². The van der Waals surface area contributed by atoms with Crippen LogP contribution in [0.2, 0.25) is 10.0 Å². The van der Waals surface area contributed by atoms with Gasteiger partial charge in [-0.2, -0.15) is 4.98 Å². The summed E-state index contributed by atoms with van der Waals surface area (Å²) in [6, 6.07) is 13.1. The maximum atomic E-state index is 6.15. The summed E-state index contributed by atoms with van der Waals surface area (Å²) in [7, 11) is 0. The maximum absolute atomic E-state index is 6.15. The molecule has 4 nitrogen and oxygen atoms in total. The fraction of sp³-hybridized carbons (Fsp3) is 0.176. The molecule has 0 saturated carbocycles. The average Bonchev–Trinajstić information content (AvgIpc) is 2.96. The third-order valence-electron chi connectivity index (χ3n) is 3.23. The summed E-state index contributed by atoms with van der Waals surface area (Å²) in [5.74, 6) is 1.74. The van der Waals surface area contributed by atoms with E-state index in [-0.39, 0.29) is 6.61 Å². The summed E-state index contributed by atoms with van der Waals surface area (Å²) >= 11 is 12.0. The SMILES string of the molecule is Cc1cccc(OCc2nc(Cc3ccc(Cl)cc3Cl)no2)c1. The average molecular weight is 349 g/mol. The summed E-state index contributed by atoms with van der Waals surface area (Å²) in [6.45, 7) is 2.23. The first-order valence-corrected chi connectivity index (χ1v) is 7.80. The van der Waals surface area contributed by atoms with Crippen LogP contribution in [0.3, 0.4) is 0 Å². The quantitative estimate of drug-likeness (QED) is 0.660. The summed E-state index contributed by atoms with van der Waals surface area (Å²) in [6.07, 6.45) is 0.476. The van der Waals surface area contributed by atoms with Gasteiger partial charge in [-0.05, 0) is 42.3 Å². The van der Waals surface area contributed by atoms with Crippen LogP contribution in [0, 0.1) is 6.92 Å². The van der Waals surface area contributed by atoms with E-state index in [9.17, 15) is 0 Å². The molecule has 23 heavy (non-hydrogen) atoms. The molecule has 6 heteroatoms. The van der Waals surface area contributed by atoms with Crippen molar-refractivity contribution in [3.8, 4) is 5.75 Å². The van der Waals surface area contributed by atoms with Crippen molar-refractivity contribution in [3.05, 3.63) is 75.4 Å². The maximum Gasteiger partial charge on any atom is 0.264 e. The smallest absolute Gasteiger partial charge is 0.264 e. The molecule has 0 radical (unpaired) electrons. The van der Waals surface area contributed by atoms with Gasteiger partial charge < -0.3 is 9.26 Å². The summed E-state index contributed by atoms with van der Waals surface area (Å²) < 4.78 is 10.8. The van der Waals surface area contributed by atoms with E-state index in [0.29, 0.717) is 28.2 Å². The molecule has 1 heterocycles. The number of halogens is 2. The predicted molar refractivity (Wildman–Crippen MR) is 89.1 cm³/mol. The number of hydrogen-bond acceptors (Lipinski definition) is 4. The van der Waals surface area contributed by atoms with E-state index in [2.05, 4.69) is 10.1 Å². The Morgan fingerprint density at radius 2 is 2.00 bits per heavy atom. The highest BCUT2D eigenvalue weighted by Crippen LogP contribution is 2.23. The van der Waals surface area contributed by atoms with E-state index in [1.165, 1.54) is 0 Å². The van der Waals surface area contributed by atoms with Gasteiger partial charge in [0, 0.05) is 16.5 Å². The molecular weight excluding hydrogens is 335 g/mol. The third-order valence-corrected chi connectivity index (χ3v) is 3.81. The molecular formula is C17H14Cl2N2O2. The molecule has 0 spiro atoms. The highest BCUT2D eigenvalue weighted by atomic mass is 35.5. The van der Waals surface area contributed by atoms with E-state index < -0.39 is 0 Å². The molecule has 2 aromatic carbocycles. The van der Waals surface area contributed by atoms with E-state index in [0.717, 1.165) is 16.9 Å². The van der Waals surface area contributed by atoms with Crippen LogP contribution in [0.5, 0.6) is 5.75 Å². The molecule has 0 atom stereocenters. The lowest BCUT2D eigenvalue weighted by molar-refractivity contribution is 0.242. The van der Waals surface area contributed by atoms with Gasteiger partial charge in [-0.25, -0.2) is 0 Å². The molecule has 0 unspecified atom stereocenters. The third kappa shape index (κ3) is 4.24. The van der Waals surface area contributed by atoms with Crippen LogP contribution >= 0.6 is 23.2 Å². The van der Waals surface area contributed by atoms with Crippen LogP contribution in [0.15, 0.2) is 47.0 Å². The van der Waals surface area contributed by atoms with Crippen LogP contribution in [0.4, 0.5) is 0 Å². The molecule has 1 aromatic heterocycles.